The molecule has 4 nitrogen and oxygen atoms in total. The van der Waals surface area contributed by atoms with Crippen molar-refractivity contribution in [3.05, 3.63) is 0 Å². The van der Waals surface area contributed by atoms with Gasteiger partial charge in [-0.2, -0.15) is 13.2 Å². The van der Waals surface area contributed by atoms with Gasteiger partial charge in [-0.1, -0.05) is 0 Å². The summed E-state index contributed by atoms with van der Waals surface area (Å²) >= 11 is 0. The molecular formula is C12H19F3N2O2. The lowest BCUT2D eigenvalue weighted by Gasteiger charge is -2.35. The summed E-state index contributed by atoms with van der Waals surface area (Å²) in [6.45, 7) is 0.448. The highest BCUT2D eigenvalue weighted by molar-refractivity contribution is 5.84. The molecule has 0 N–H and O–H groups in total. The first-order valence-corrected chi connectivity index (χ1v) is 6.53. The number of alkyl halides is 3. The van der Waals surface area contributed by atoms with Gasteiger partial charge < -0.3 is 9.64 Å². The maximum atomic E-state index is 12.3. The van der Waals surface area contributed by atoms with Crippen molar-refractivity contribution in [3.8, 4) is 0 Å². The number of ether oxygens (including phenoxy) is 1. The molecule has 2 atom stereocenters. The molecule has 2 aliphatic rings. The van der Waals surface area contributed by atoms with Gasteiger partial charge in [0.2, 0.25) is 5.91 Å². The number of amides is 1. The summed E-state index contributed by atoms with van der Waals surface area (Å²) in [5.74, 6) is -0.394. The summed E-state index contributed by atoms with van der Waals surface area (Å²) < 4.78 is 42.3. The maximum absolute atomic E-state index is 12.3. The predicted octanol–water partition coefficient (Wildman–Crippen LogP) is 1.26. The van der Waals surface area contributed by atoms with Gasteiger partial charge in [0, 0.05) is 20.2 Å². The fourth-order valence-electron chi connectivity index (χ4n) is 2.88. The zero-order valence-electron chi connectivity index (χ0n) is 10.9. The summed E-state index contributed by atoms with van der Waals surface area (Å²) in [6.07, 6.45) is -1.90. The Morgan fingerprint density at radius 3 is 2.68 bits per heavy atom. The van der Waals surface area contributed by atoms with E-state index in [0.717, 1.165) is 24.3 Å². The van der Waals surface area contributed by atoms with Crippen molar-refractivity contribution in [2.75, 3.05) is 33.3 Å². The van der Waals surface area contributed by atoms with Crippen LogP contribution >= 0.6 is 0 Å². The number of hydrogen-bond acceptors (Lipinski definition) is 3. The standard InChI is InChI=1S/C12H19F3N2O2/c1-19-9-3-2-5-16(7-9)10-4-6-17(11(10)18)8-12(13,14)15/h9-10H,2-8H2,1H3/t9-,10+/m1/s1. The van der Waals surface area contributed by atoms with Crippen LogP contribution in [0.4, 0.5) is 13.2 Å². The molecule has 0 bridgehead atoms. The largest absolute Gasteiger partial charge is 0.406 e. The molecule has 0 spiro atoms. The van der Waals surface area contributed by atoms with E-state index in [1.807, 2.05) is 4.90 Å². The Kier molecular flexibility index (Phi) is 4.35. The van der Waals surface area contributed by atoms with E-state index in [4.69, 9.17) is 4.74 Å². The Hall–Kier alpha value is -0.820. The van der Waals surface area contributed by atoms with E-state index < -0.39 is 24.7 Å². The highest BCUT2D eigenvalue weighted by Crippen LogP contribution is 2.25. The third-order valence-corrected chi connectivity index (χ3v) is 3.82. The van der Waals surface area contributed by atoms with Crippen molar-refractivity contribution in [2.24, 2.45) is 0 Å². The van der Waals surface area contributed by atoms with Gasteiger partial charge in [-0.05, 0) is 25.8 Å². The molecule has 0 aromatic rings. The smallest absolute Gasteiger partial charge is 0.380 e. The second-order valence-electron chi connectivity index (χ2n) is 5.17. The Labute approximate surface area is 110 Å². The van der Waals surface area contributed by atoms with Crippen molar-refractivity contribution < 1.29 is 22.7 Å². The second kappa shape index (κ2) is 5.66. The summed E-state index contributed by atoms with van der Waals surface area (Å²) in [5, 5.41) is 0. The first-order chi connectivity index (χ1) is 8.90. The van der Waals surface area contributed by atoms with Crippen LogP contribution in [0.3, 0.4) is 0 Å². The molecule has 0 radical (unpaired) electrons. The number of carbonyl (C=O) groups is 1. The molecule has 0 aliphatic carbocycles. The van der Waals surface area contributed by atoms with Gasteiger partial charge in [-0.25, -0.2) is 0 Å². The quantitative estimate of drug-likeness (QED) is 0.780. The average molecular weight is 280 g/mol. The molecule has 1 amide bonds. The van der Waals surface area contributed by atoms with Crippen LogP contribution in [0.1, 0.15) is 19.3 Å². The molecule has 2 aliphatic heterocycles. The molecule has 0 aromatic carbocycles. The second-order valence-corrected chi connectivity index (χ2v) is 5.17. The minimum atomic E-state index is -4.32. The number of methoxy groups -OCH3 is 1. The number of nitrogens with zero attached hydrogens (tertiary/aromatic N) is 2. The number of hydrogen-bond donors (Lipinski definition) is 0. The van der Waals surface area contributed by atoms with Crippen molar-refractivity contribution >= 4 is 5.91 Å². The van der Waals surface area contributed by atoms with Crippen LogP contribution in [0.5, 0.6) is 0 Å². The van der Waals surface area contributed by atoms with Gasteiger partial charge in [-0.3, -0.25) is 9.69 Å². The molecular weight excluding hydrogens is 261 g/mol. The molecule has 19 heavy (non-hydrogen) atoms. The molecule has 0 saturated carbocycles. The molecule has 0 unspecified atom stereocenters. The lowest BCUT2D eigenvalue weighted by molar-refractivity contribution is -0.159. The van der Waals surface area contributed by atoms with E-state index in [1.54, 1.807) is 7.11 Å². The van der Waals surface area contributed by atoms with Crippen molar-refractivity contribution in [1.29, 1.82) is 0 Å². The molecule has 2 rings (SSSR count). The number of halogens is 3. The minimum Gasteiger partial charge on any atom is -0.380 e. The SMILES string of the molecule is CO[C@@H]1CCCN([C@H]2CCN(CC(F)(F)F)C2=O)C1. The first kappa shape index (κ1) is 14.6. The number of carbonyl (C=O) groups excluding carboxylic acids is 1. The topological polar surface area (TPSA) is 32.8 Å². The van der Waals surface area contributed by atoms with E-state index in [2.05, 4.69) is 0 Å². The van der Waals surface area contributed by atoms with Gasteiger partial charge in [0.15, 0.2) is 0 Å². The lowest BCUT2D eigenvalue weighted by Crippen LogP contribution is -2.49. The van der Waals surface area contributed by atoms with Crippen LogP contribution in [0.15, 0.2) is 0 Å². The zero-order chi connectivity index (χ0) is 14.0. The number of piperidine rings is 1. The van der Waals surface area contributed by atoms with Crippen molar-refractivity contribution in [3.63, 3.8) is 0 Å². The van der Waals surface area contributed by atoms with Gasteiger partial charge in [0.1, 0.15) is 6.54 Å². The maximum Gasteiger partial charge on any atom is 0.406 e. The average Bonchev–Trinajstić information content (AvgIpc) is 2.69. The van der Waals surface area contributed by atoms with Gasteiger partial charge in [0.05, 0.1) is 12.1 Å². The van der Waals surface area contributed by atoms with Crippen LogP contribution in [-0.2, 0) is 9.53 Å². The number of likely N-dealkylation sites (tertiary alicyclic amines) is 2. The summed E-state index contributed by atoms with van der Waals surface area (Å²) in [5.41, 5.74) is 0. The lowest BCUT2D eigenvalue weighted by atomic mass is 10.1. The van der Waals surface area contributed by atoms with Crippen LogP contribution in [0.25, 0.3) is 0 Å². The van der Waals surface area contributed by atoms with Gasteiger partial charge in [0.25, 0.3) is 0 Å². The van der Waals surface area contributed by atoms with Crippen LogP contribution in [0, 0.1) is 0 Å². The van der Waals surface area contributed by atoms with E-state index in [9.17, 15) is 18.0 Å². The molecule has 2 saturated heterocycles. The van der Waals surface area contributed by atoms with Crippen LogP contribution in [0.2, 0.25) is 0 Å². The van der Waals surface area contributed by atoms with E-state index >= 15 is 0 Å². The summed E-state index contributed by atoms with van der Waals surface area (Å²) in [6, 6.07) is -0.403. The Bertz CT molecular complexity index is 335. The third-order valence-electron chi connectivity index (χ3n) is 3.82. The summed E-state index contributed by atoms with van der Waals surface area (Å²) in [7, 11) is 1.63. The van der Waals surface area contributed by atoms with Crippen molar-refractivity contribution in [1.82, 2.24) is 9.80 Å². The van der Waals surface area contributed by atoms with Gasteiger partial charge in [-0.15, -0.1) is 0 Å². The zero-order valence-corrected chi connectivity index (χ0v) is 10.9. The number of rotatable bonds is 3. The predicted molar refractivity (Wildman–Crippen MR) is 62.6 cm³/mol. The van der Waals surface area contributed by atoms with Crippen molar-refractivity contribution in [2.45, 2.75) is 37.6 Å². The van der Waals surface area contributed by atoms with Crippen LogP contribution in [-0.4, -0.2) is 67.3 Å². The highest BCUT2D eigenvalue weighted by atomic mass is 19.4. The highest BCUT2D eigenvalue weighted by Gasteiger charge is 2.42. The fourth-order valence-corrected chi connectivity index (χ4v) is 2.88. The summed E-state index contributed by atoms with van der Waals surface area (Å²) in [4.78, 5) is 14.9. The first-order valence-electron chi connectivity index (χ1n) is 6.53. The molecule has 110 valence electrons. The van der Waals surface area contributed by atoms with Crippen LogP contribution < -0.4 is 0 Å². The Morgan fingerprint density at radius 2 is 2.05 bits per heavy atom. The van der Waals surface area contributed by atoms with Gasteiger partial charge >= 0.3 is 6.18 Å². The van der Waals surface area contributed by atoms with E-state index in [-0.39, 0.29) is 12.6 Å². The Morgan fingerprint density at radius 1 is 1.32 bits per heavy atom. The Balaban J connectivity index is 1.94. The monoisotopic (exact) mass is 280 g/mol. The fraction of sp³-hybridized carbons (Fsp3) is 0.917. The van der Waals surface area contributed by atoms with E-state index in [1.165, 1.54) is 0 Å². The molecule has 0 aromatic heterocycles. The minimum absolute atomic E-state index is 0.0817. The normalized spacial score (nSPS) is 30.1. The van der Waals surface area contributed by atoms with E-state index in [0.29, 0.717) is 13.0 Å². The molecule has 2 fully saturated rings. The molecule has 2 heterocycles. The molecule has 7 heteroatoms. The third kappa shape index (κ3) is 3.60.